The van der Waals surface area contributed by atoms with E-state index in [1.54, 1.807) is 11.3 Å². The van der Waals surface area contributed by atoms with Gasteiger partial charge in [0.05, 0.1) is 4.88 Å². The Labute approximate surface area is 85.0 Å². The number of terminal acetylenes is 1. The maximum atomic E-state index is 5.30. The normalized spacial score (nSPS) is 9.85. The molecule has 0 nitrogen and oxygen atoms in total. The molecule has 1 heteroatoms. The van der Waals surface area contributed by atoms with Gasteiger partial charge < -0.3 is 0 Å². The third-order valence-electron chi connectivity index (χ3n) is 2.12. The molecule has 0 spiro atoms. The summed E-state index contributed by atoms with van der Waals surface area (Å²) < 4.78 is 0. The van der Waals surface area contributed by atoms with Crippen LogP contribution in [0.3, 0.4) is 0 Å². The average molecular weight is 192 g/mol. The number of unbranched alkanes of at least 4 members (excludes halogenated alkanes) is 3. The summed E-state index contributed by atoms with van der Waals surface area (Å²) in [6, 6.07) is 2.14. The Bertz CT molecular complexity index is 278. The van der Waals surface area contributed by atoms with Crippen LogP contribution in [0.15, 0.2) is 11.4 Å². The average Bonchev–Trinajstić information content (AvgIpc) is 2.60. The van der Waals surface area contributed by atoms with Crippen LogP contribution in [-0.4, -0.2) is 0 Å². The summed E-state index contributed by atoms with van der Waals surface area (Å²) in [5.74, 6) is 2.67. The molecule has 0 aliphatic rings. The van der Waals surface area contributed by atoms with E-state index < -0.39 is 0 Å². The molecule has 1 aromatic heterocycles. The second-order valence-corrected chi connectivity index (χ2v) is 4.19. The van der Waals surface area contributed by atoms with Gasteiger partial charge in [0, 0.05) is 0 Å². The van der Waals surface area contributed by atoms with Crippen LogP contribution >= 0.6 is 11.3 Å². The molecule has 13 heavy (non-hydrogen) atoms. The van der Waals surface area contributed by atoms with E-state index in [0.717, 1.165) is 4.88 Å². The molecule has 0 aromatic carbocycles. The highest BCUT2D eigenvalue weighted by atomic mass is 32.1. The SMILES string of the molecule is C#Cc1cc(CCCCCC)cs1. The first-order valence-electron chi connectivity index (χ1n) is 4.91. The topological polar surface area (TPSA) is 0 Å². The molecule has 0 bridgehead atoms. The van der Waals surface area contributed by atoms with E-state index in [2.05, 4.69) is 24.3 Å². The van der Waals surface area contributed by atoms with Gasteiger partial charge in [0.25, 0.3) is 0 Å². The van der Waals surface area contributed by atoms with Crippen molar-refractivity contribution in [3.05, 3.63) is 21.9 Å². The van der Waals surface area contributed by atoms with Crippen molar-refractivity contribution < 1.29 is 0 Å². The van der Waals surface area contributed by atoms with Crippen LogP contribution in [0.4, 0.5) is 0 Å². The molecule has 0 radical (unpaired) electrons. The van der Waals surface area contributed by atoms with E-state index in [9.17, 15) is 0 Å². The Morgan fingerprint density at radius 3 is 2.85 bits per heavy atom. The summed E-state index contributed by atoms with van der Waals surface area (Å²) in [5, 5.41) is 2.18. The minimum atomic E-state index is 1.06. The highest BCUT2D eigenvalue weighted by molar-refractivity contribution is 7.10. The maximum Gasteiger partial charge on any atom is 0.0768 e. The van der Waals surface area contributed by atoms with Gasteiger partial charge in [-0.1, -0.05) is 32.1 Å². The monoisotopic (exact) mass is 192 g/mol. The second-order valence-electron chi connectivity index (χ2n) is 3.27. The minimum absolute atomic E-state index is 1.06. The van der Waals surface area contributed by atoms with E-state index in [1.807, 2.05) is 0 Å². The standard InChI is InChI=1S/C12H16S/c1-3-5-6-7-8-11-9-12(4-2)13-10-11/h2,9-10H,3,5-8H2,1H3. The molecule has 70 valence electrons. The lowest BCUT2D eigenvalue weighted by Crippen LogP contribution is -1.82. The third kappa shape index (κ3) is 3.65. The van der Waals surface area contributed by atoms with Crippen molar-refractivity contribution in [2.24, 2.45) is 0 Å². The summed E-state index contributed by atoms with van der Waals surface area (Å²) in [6.45, 7) is 2.24. The van der Waals surface area contributed by atoms with Crippen molar-refractivity contribution >= 4 is 11.3 Å². The number of rotatable bonds is 5. The highest BCUT2D eigenvalue weighted by Gasteiger charge is 1.96. The first-order chi connectivity index (χ1) is 6.36. The fraction of sp³-hybridized carbons (Fsp3) is 0.500. The van der Waals surface area contributed by atoms with Gasteiger partial charge in [0.1, 0.15) is 0 Å². The predicted octanol–water partition coefficient (Wildman–Crippen LogP) is 3.85. The first kappa shape index (κ1) is 10.3. The van der Waals surface area contributed by atoms with Crippen molar-refractivity contribution in [2.75, 3.05) is 0 Å². The fourth-order valence-corrected chi connectivity index (χ4v) is 2.09. The number of hydrogen-bond acceptors (Lipinski definition) is 1. The summed E-state index contributed by atoms with van der Waals surface area (Å²) in [5.41, 5.74) is 1.41. The van der Waals surface area contributed by atoms with Gasteiger partial charge in [-0.2, -0.15) is 0 Å². The van der Waals surface area contributed by atoms with E-state index in [4.69, 9.17) is 6.42 Å². The van der Waals surface area contributed by atoms with Gasteiger partial charge >= 0.3 is 0 Å². The first-order valence-corrected chi connectivity index (χ1v) is 5.78. The second kappa shape index (κ2) is 5.83. The molecular weight excluding hydrogens is 176 g/mol. The van der Waals surface area contributed by atoms with Crippen LogP contribution in [0.25, 0.3) is 0 Å². The van der Waals surface area contributed by atoms with Gasteiger partial charge in [-0.15, -0.1) is 17.8 Å². The lowest BCUT2D eigenvalue weighted by molar-refractivity contribution is 0.667. The molecule has 1 aromatic rings. The van der Waals surface area contributed by atoms with E-state index in [1.165, 1.54) is 37.7 Å². The summed E-state index contributed by atoms with van der Waals surface area (Å²) >= 11 is 1.68. The molecule has 0 unspecified atom stereocenters. The Balaban J connectivity index is 2.25. The quantitative estimate of drug-likeness (QED) is 0.491. The lowest BCUT2D eigenvalue weighted by atomic mass is 10.1. The van der Waals surface area contributed by atoms with Crippen molar-refractivity contribution in [2.45, 2.75) is 39.0 Å². The summed E-state index contributed by atoms with van der Waals surface area (Å²) in [7, 11) is 0. The van der Waals surface area contributed by atoms with Crippen LogP contribution in [-0.2, 0) is 6.42 Å². The van der Waals surface area contributed by atoms with E-state index in [0.29, 0.717) is 0 Å². The van der Waals surface area contributed by atoms with Crippen LogP contribution in [0.5, 0.6) is 0 Å². The van der Waals surface area contributed by atoms with Crippen LogP contribution in [0, 0.1) is 12.3 Å². The maximum absolute atomic E-state index is 5.30. The zero-order valence-corrected chi connectivity index (χ0v) is 8.99. The van der Waals surface area contributed by atoms with E-state index >= 15 is 0 Å². The van der Waals surface area contributed by atoms with Crippen molar-refractivity contribution in [1.82, 2.24) is 0 Å². The lowest BCUT2D eigenvalue weighted by Gasteiger charge is -1.96. The highest BCUT2D eigenvalue weighted by Crippen LogP contribution is 2.16. The third-order valence-corrected chi connectivity index (χ3v) is 3.03. The van der Waals surface area contributed by atoms with Crippen LogP contribution in [0.1, 0.15) is 43.0 Å². The van der Waals surface area contributed by atoms with E-state index in [-0.39, 0.29) is 0 Å². The number of hydrogen-bond donors (Lipinski definition) is 0. The van der Waals surface area contributed by atoms with Gasteiger partial charge in [-0.05, 0) is 29.9 Å². The Kier molecular flexibility index (Phi) is 4.64. The van der Waals surface area contributed by atoms with Gasteiger partial charge in [0.2, 0.25) is 0 Å². The molecule has 0 saturated heterocycles. The van der Waals surface area contributed by atoms with Gasteiger partial charge in [-0.25, -0.2) is 0 Å². The van der Waals surface area contributed by atoms with Crippen molar-refractivity contribution in [1.29, 1.82) is 0 Å². The largest absolute Gasteiger partial charge is 0.135 e. The summed E-state index contributed by atoms with van der Waals surface area (Å²) in [4.78, 5) is 1.06. The Morgan fingerprint density at radius 2 is 2.23 bits per heavy atom. The van der Waals surface area contributed by atoms with Gasteiger partial charge in [0.15, 0.2) is 0 Å². The Morgan fingerprint density at radius 1 is 1.38 bits per heavy atom. The molecular formula is C12H16S. The fourth-order valence-electron chi connectivity index (χ4n) is 1.34. The number of aryl methyl sites for hydroxylation is 1. The molecule has 0 amide bonds. The van der Waals surface area contributed by atoms with Crippen LogP contribution < -0.4 is 0 Å². The van der Waals surface area contributed by atoms with Crippen LogP contribution in [0.2, 0.25) is 0 Å². The smallest absolute Gasteiger partial charge is 0.0768 e. The van der Waals surface area contributed by atoms with Crippen molar-refractivity contribution in [3.63, 3.8) is 0 Å². The molecule has 0 aliphatic heterocycles. The molecule has 0 fully saturated rings. The predicted molar refractivity (Wildman–Crippen MR) is 60.1 cm³/mol. The van der Waals surface area contributed by atoms with Crippen molar-refractivity contribution in [3.8, 4) is 12.3 Å². The zero-order valence-electron chi connectivity index (χ0n) is 8.18. The minimum Gasteiger partial charge on any atom is -0.135 e. The molecule has 0 aliphatic carbocycles. The molecule has 0 saturated carbocycles. The number of thiophene rings is 1. The molecule has 0 atom stereocenters. The zero-order chi connectivity index (χ0) is 9.52. The molecule has 0 N–H and O–H groups in total. The summed E-state index contributed by atoms with van der Waals surface area (Å²) in [6.07, 6.45) is 11.8. The molecule has 1 heterocycles. The molecule has 1 rings (SSSR count). The Hall–Kier alpha value is -0.740. The van der Waals surface area contributed by atoms with Gasteiger partial charge in [-0.3, -0.25) is 0 Å².